The number of carboxylic acids is 1. The average Bonchev–Trinajstić information content (AvgIpc) is 2.88. The summed E-state index contributed by atoms with van der Waals surface area (Å²) >= 11 is 26.4. The lowest BCUT2D eigenvalue weighted by Gasteiger charge is -1.91. The molecule has 0 saturated heterocycles. The largest absolute Gasteiger partial charge is 0.478 e. The number of carbonyl (C=O) groups excluding carboxylic acids is 2. The summed E-state index contributed by atoms with van der Waals surface area (Å²) in [7, 11) is 0. The Hall–Kier alpha value is -3.35. The van der Waals surface area contributed by atoms with Gasteiger partial charge >= 0.3 is 5.97 Å². The monoisotopic (exact) mass is 605 g/mol. The maximum absolute atomic E-state index is 10.9. The molecule has 0 fully saturated rings. The molecule has 0 bridgehead atoms. The Balaban J connectivity index is 0.000000286. The minimum atomic E-state index is -0.954. The first-order valence-electron chi connectivity index (χ1n) is 10.4. The molecule has 5 nitrogen and oxygen atoms in total. The summed E-state index contributed by atoms with van der Waals surface area (Å²) in [6.07, 6.45) is 8.48. The van der Waals surface area contributed by atoms with Crippen LogP contribution in [-0.2, 0) is 14.4 Å². The molecule has 0 aliphatic rings. The number of isothiocyanates is 1. The second-order valence-corrected chi connectivity index (χ2v) is 8.70. The Bertz CT molecular complexity index is 1280. The first-order valence-corrected chi connectivity index (χ1v) is 12.4. The molecule has 0 aliphatic carbocycles. The molecule has 38 heavy (non-hydrogen) atoms. The molecule has 3 aromatic rings. The normalized spacial score (nSPS) is 10.2. The van der Waals surface area contributed by atoms with E-state index in [0.717, 1.165) is 22.8 Å². The molecular weight excluding hydrogens is 588 g/mol. The zero-order valence-corrected chi connectivity index (χ0v) is 23.3. The molecule has 3 aromatic carbocycles. The first kappa shape index (κ1) is 32.7. The van der Waals surface area contributed by atoms with Gasteiger partial charge in [-0.3, -0.25) is 9.59 Å². The van der Waals surface area contributed by atoms with E-state index in [2.05, 4.69) is 17.2 Å². The molecule has 3 rings (SSSR count). The molecule has 1 amide bonds. The van der Waals surface area contributed by atoms with Crippen LogP contribution < -0.4 is 0 Å². The third-order valence-electron chi connectivity index (χ3n) is 4.01. The zero-order chi connectivity index (χ0) is 28.3. The van der Waals surface area contributed by atoms with Crippen LogP contribution in [0.4, 0.5) is 0 Å². The van der Waals surface area contributed by atoms with Gasteiger partial charge in [-0.05, 0) is 95.1 Å². The second kappa shape index (κ2) is 18.8. The third-order valence-corrected chi connectivity index (χ3v) is 4.98. The molecule has 1 N–H and O–H groups in total. The Kier molecular flexibility index (Phi) is 16.2. The molecule has 0 radical (unpaired) electrons. The highest BCUT2D eigenvalue weighted by Gasteiger charge is 1.92. The van der Waals surface area contributed by atoms with Crippen LogP contribution in [0.15, 0.2) is 96.0 Å². The zero-order valence-electron chi connectivity index (χ0n) is 19.4. The Labute approximate surface area is 245 Å². The van der Waals surface area contributed by atoms with E-state index in [0.29, 0.717) is 15.1 Å². The summed E-state index contributed by atoms with van der Waals surface area (Å²) in [5.41, 5.74) is 2.59. The summed E-state index contributed by atoms with van der Waals surface area (Å²) in [6.45, 7) is 0. The first-order chi connectivity index (χ1) is 18.1. The SMILES string of the molecule is O=C(/C=C/c1ccc(Cl)cc1)N=C=S.O=C(Cl)/C=C/c1ccc(Cl)cc1.O=C(O)/C=C/c1ccc(Cl)cc1. The fourth-order valence-corrected chi connectivity index (χ4v) is 2.83. The van der Waals surface area contributed by atoms with E-state index < -0.39 is 17.1 Å². The van der Waals surface area contributed by atoms with Gasteiger partial charge in [0.05, 0.1) is 5.16 Å². The lowest BCUT2D eigenvalue weighted by Crippen LogP contribution is -1.85. The minimum Gasteiger partial charge on any atom is -0.478 e. The lowest BCUT2D eigenvalue weighted by atomic mass is 10.2. The van der Waals surface area contributed by atoms with E-state index in [4.69, 9.17) is 51.5 Å². The number of carbonyl (C=O) groups is 3. The van der Waals surface area contributed by atoms with Crippen molar-refractivity contribution in [1.82, 2.24) is 0 Å². The number of thiocarbonyl (C=S) groups is 1. The van der Waals surface area contributed by atoms with Crippen LogP contribution in [0.3, 0.4) is 0 Å². The summed E-state index contributed by atoms with van der Waals surface area (Å²) in [6, 6.07) is 21.1. The fourth-order valence-electron chi connectivity index (χ4n) is 2.30. The van der Waals surface area contributed by atoms with Crippen molar-refractivity contribution < 1.29 is 19.5 Å². The number of halogens is 4. The van der Waals surface area contributed by atoms with Gasteiger partial charge in [0.2, 0.25) is 5.24 Å². The molecule has 0 saturated carbocycles. The third kappa shape index (κ3) is 16.4. The van der Waals surface area contributed by atoms with Crippen LogP contribution in [0.2, 0.25) is 15.1 Å². The van der Waals surface area contributed by atoms with Crippen LogP contribution in [-0.4, -0.2) is 27.4 Å². The van der Waals surface area contributed by atoms with Crippen LogP contribution >= 0.6 is 58.6 Å². The number of aliphatic carboxylic acids is 1. The number of aliphatic imine (C=N–C) groups is 1. The predicted octanol–water partition coefficient (Wildman–Crippen LogP) is 8.54. The number of allylic oxidation sites excluding steroid dienone is 1. The van der Waals surface area contributed by atoms with Crippen LogP contribution in [0.5, 0.6) is 0 Å². The van der Waals surface area contributed by atoms with Crippen molar-refractivity contribution in [2.24, 2.45) is 4.99 Å². The number of hydrogen-bond acceptors (Lipinski definition) is 4. The molecule has 0 unspecified atom stereocenters. The van der Waals surface area contributed by atoms with Crippen molar-refractivity contribution in [2.45, 2.75) is 0 Å². The average molecular weight is 607 g/mol. The Morgan fingerprint density at radius 3 is 1.32 bits per heavy atom. The Morgan fingerprint density at radius 1 is 0.658 bits per heavy atom. The maximum atomic E-state index is 10.9. The van der Waals surface area contributed by atoms with Gasteiger partial charge in [0.25, 0.3) is 5.91 Å². The summed E-state index contributed by atoms with van der Waals surface area (Å²) in [5, 5.41) is 11.8. The van der Waals surface area contributed by atoms with Gasteiger partial charge < -0.3 is 5.11 Å². The minimum absolute atomic E-state index is 0.421. The van der Waals surface area contributed by atoms with Gasteiger partial charge in [-0.15, -0.1) is 0 Å². The fraction of sp³-hybridized carbons (Fsp3) is 0. The highest BCUT2D eigenvalue weighted by Crippen LogP contribution is 2.12. The highest BCUT2D eigenvalue weighted by atomic mass is 35.5. The van der Waals surface area contributed by atoms with E-state index >= 15 is 0 Å². The molecule has 0 aromatic heterocycles. The molecular formula is C28H19Cl4NO4S. The summed E-state index contributed by atoms with van der Waals surface area (Å²) in [4.78, 5) is 34.6. The predicted molar refractivity (Wildman–Crippen MR) is 160 cm³/mol. The number of hydrogen-bond donors (Lipinski definition) is 1. The van der Waals surface area contributed by atoms with Crippen molar-refractivity contribution in [3.8, 4) is 0 Å². The van der Waals surface area contributed by atoms with Gasteiger partial charge in [-0.1, -0.05) is 77.3 Å². The number of nitrogens with zero attached hydrogens (tertiary/aromatic N) is 1. The number of benzene rings is 3. The quantitative estimate of drug-likeness (QED) is 0.131. The van der Waals surface area contributed by atoms with Crippen molar-refractivity contribution >= 4 is 99.1 Å². The lowest BCUT2D eigenvalue weighted by molar-refractivity contribution is -0.131. The topological polar surface area (TPSA) is 83.8 Å². The van der Waals surface area contributed by atoms with E-state index in [1.165, 1.54) is 18.2 Å². The molecule has 10 heteroatoms. The van der Waals surface area contributed by atoms with Gasteiger partial charge in [-0.25, -0.2) is 4.79 Å². The van der Waals surface area contributed by atoms with Gasteiger partial charge in [0.15, 0.2) is 0 Å². The Morgan fingerprint density at radius 2 is 1.00 bits per heavy atom. The van der Waals surface area contributed by atoms with Crippen LogP contribution in [0.25, 0.3) is 18.2 Å². The van der Waals surface area contributed by atoms with E-state index in [1.807, 2.05) is 5.16 Å². The van der Waals surface area contributed by atoms with Crippen LogP contribution in [0, 0.1) is 0 Å². The molecule has 0 atom stereocenters. The van der Waals surface area contributed by atoms with E-state index in [1.54, 1.807) is 84.9 Å². The van der Waals surface area contributed by atoms with Crippen molar-refractivity contribution in [3.05, 3.63) is 123 Å². The smallest absolute Gasteiger partial charge is 0.328 e. The molecule has 0 spiro atoms. The van der Waals surface area contributed by atoms with Gasteiger partial charge in [0, 0.05) is 27.2 Å². The summed E-state index contributed by atoms with van der Waals surface area (Å²) < 4.78 is 0. The van der Waals surface area contributed by atoms with Crippen molar-refractivity contribution in [1.29, 1.82) is 0 Å². The summed E-state index contributed by atoms with van der Waals surface area (Å²) in [5.74, 6) is -1.38. The van der Waals surface area contributed by atoms with Crippen molar-refractivity contribution in [2.75, 3.05) is 0 Å². The van der Waals surface area contributed by atoms with E-state index in [-0.39, 0.29) is 0 Å². The van der Waals surface area contributed by atoms with Gasteiger partial charge in [0.1, 0.15) is 0 Å². The molecule has 0 heterocycles. The van der Waals surface area contributed by atoms with Crippen molar-refractivity contribution in [3.63, 3.8) is 0 Å². The molecule has 0 aliphatic heterocycles. The van der Waals surface area contributed by atoms with E-state index in [9.17, 15) is 14.4 Å². The number of amides is 1. The van der Waals surface area contributed by atoms with Gasteiger partial charge in [-0.2, -0.15) is 4.99 Å². The maximum Gasteiger partial charge on any atom is 0.328 e. The number of carboxylic acid groups (broad SMARTS) is 1. The highest BCUT2D eigenvalue weighted by molar-refractivity contribution is 7.78. The standard InChI is InChI=1S/C10H6ClNOS.C9H6Cl2O.C9H7ClO2/c11-9-4-1-8(2-5-9)3-6-10(13)12-7-14;2*10-8-4-1-7(2-5-8)3-6-9(11)12/h1-6H;1-6H;1-6H,(H,11,12)/b3*6-3+. The second-order valence-electron chi connectivity index (χ2n) is 6.84. The molecule has 194 valence electrons. The number of rotatable bonds is 6. The van der Waals surface area contributed by atoms with Crippen LogP contribution in [0.1, 0.15) is 16.7 Å².